The van der Waals surface area contributed by atoms with E-state index < -0.39 is 11.2 Å². The number of imidazole rings is 1. The van der Waals surface area contributed by atoms with Crippen LogP contribution < -0.4 is 21.9 Å². The number of anilines is 1. The molecule has 2 aromatic rings. The fraction of sp³-hybridized carbons (Fsp3) is 0.636. The van der Waals surface area contributed by atoms with Gasteiger partial charge in [0.25, 0.3) is 5.56 Å². The Balaban J connectivity index is 1.87. The van der Waals surface area contributed by atoms with Crippen molar-refractivity contribution in [1.82, 2.24) is 23.6 Å². The Kier molecular flexibility index (Phi) is 6.71. The fourth-order valence-electron chi connectivity index (χ4n) is 4.42. The van der Waals surface area contributed by atoms with E-state index in [2.05, 4.69) is 4.90 Å². The number of amides is 1. The van der Waals surface area contributed by atoms with Gasteiger partial charge in [0.15, 0.2) is 11.2 Å². The molecule has 2 aromatic heterocycles. The van der Waals surface area contributed by atoms with Gasteiger partial charge in [0.1, 0.15) is 6.54 Å². The molecule has 33 heavy (non-hydrogen) atoms. The SMILES string of the molecule is CC(C)=CCn1c(N2CCCC(N)C2)nc2c1c(=O)n(C)c(=O)n2CC(=O)N1CCOCC1. The van der Waals surface area contributed by atoms with Gasteiger partial charge in [0.05, 0.1) is 13.2 Å². The fourth-order valence-corrected chi connectivity index (χ4v) is 4.42. The summed E-state index contributed by atoms with van der Waals surface area (Å²) in [6.45, 7) is 7.53. The van der Waals surface area contributed by atoms with Crippen molar-refractivity contribution < 1.29 is 9.53 Å². The number of allylic oxidation sites excluding steroid dienone is 2. The zero-order valence-corrected chi connectivity index (χ0v) is 19.6. The average Bonchev–Trinajstić information content (AvgIpc) is 3.19. The summed E-state index contributed by atoms with van der Waals surface area (Å²) >= 11 is 0. The lowest BCUT2D eigenvalue weighted by atomic mass is 10.1. The minimum absolute atomic E-state index is 0.0170. The third kappa shape index (κ3) is 4.60. The van der Waals surface area contributed by atoms with Gasteiger partial charge in [0, 0.05) is 45.8 Å². The van der Waals surface area contributed by atoms with Gasteiger partial charge in [-0.15, -0.1) is 0 Å². The number of piperidine rings is 1. The van der Waals surface area contributed by atoms with Crippen LogP contribution in [0.5, 0.6) is 0 Å². The number of nitrogens with zero attached hydrogens (tertiary/aromatic N) is 6. The second-order valence-electron chi connectivity index (χ2n) is 9.05. The van der Waals surface area contributed by atoms with Crippen LogP contribution >= 0.6 is 0 Å². The minimum Gasteiger partial charge on any atom is -0.378 e. The first-order valence-electron chi connectivity index (χ1n) is 11.5. The highest BCUT2D eigenvalue weighted by Crippen LogP contribution is 2.23. The molecule has 1 amide bonds. The molecule has 2 fully saturated rings. The van der Waals surface area contributed by atoms with Crippen molar-refractivity contribution in [1.29, 1.82) is 0 Å². The van der Waals surface area contributed by atoms with Gasteiger partial charge in [-0.25, -0.2) is 4.79 Å². The third-order valence-electron chi connectivity index (χ3n) is 6.29. The second-order valence-corrected chi connectivity index (χ2v) is 9.05. The zero-order chi connectivity index (χ0) is 23.7. The molecule has 4 rings (SSSR count). The van der Waals surface area contributed by atoms with E-state index in [9.17, 15) is 14.4 Å². The quantitative estimate of drug-likeness (QED) is 0.607. The zero-order valence-electron chi connectivity index (χ0n) is 19.6. The van der Waals surface area contributed by atoms with E-state index in [-0.39, 0.29) is 24.1 Å². The number of morpholine rings is 1. The van der Waals surface area contributed by atoms with Crippen LogP contribution in [0.3, 0.4) is 0 Å². The molecule has 0 bridgehead atoms. The number of aromatic nitrogens is 4. The van der Waals surface area contributed by atoms with Crippen molar-refractivity contribution in [2.75, 3.05) is 44.3 Å². The lowest BCUT2D eigenvalue weighted by molar-refractivity contribution is -0.135. The summed E-state index contributed by atoms with van der Waals surface area (Å²) in [5.74, 6) is 0.411. The summed E-state index contributed by atoms with van der Waals surface area (Å²) in [6, 6.07) is 0.0170. The molecule has 0 aromatic carbocycles. The Morgan fingerprint density at radius 2 is 1.91 bits per heavy atom. The Bertz CT molecular complexity index is 1180. The van der Waals surface area contributed by atoms with E-state index in [4.69, 9.17) is 15.5 Å². The standard InChI is InChI=1S/C22H33N7O4/c1-15(2)6-8-28-18-19(24-21(28)27-7-4-5-16(23)13-27)29(22(32)25(3)20(18)31)14-17(30)26-9-11-33-12-10-26/h6,16H,4-5,7-14,23H2,1-3H3. The maximum atomic E-state index is 13.2. The first-order chi connectivity index (χ1) is 15.8. The molecule has 0 radical (unpaired) electrons. The molecular formula is C22H33N7O4. The van der Waals surface area contributed by atoms with Crippen molar-refractivity contribution in [2.24, 2.45) is 12.8 Å². The largest absolute Gasteiger partial charge is 0.378 e. The van der Waals surface area contributed by atoms with E-state index in [0.29, 0.717) is 50.9 Å². The molecule has 1 atom stereocenters. The molecule has 2 aliphatic heterocycles. The number of ether oxygens (including phenoxy) is 1. The van der Waals surface area contributed by atoms with Gasteiger partial charge in [-0.05, 0) is 26.7 Å². The maximum absolute atomic E-state index is 13.2. The van der Waals surface area contributed by atoms with Crippen LogP contribution in [0.1, 0.15) is 26.7 Å². The summed E-state index contributed by atoms with van der Waals surface area (Å²) < 4.78 is 9.55. The number of carbonyl (C=O) groups is 1. The number of rotatable bonds is 5. The van der Waals surface area contributed by atoms with Crippen molar-refractivity contribution in [3.05, 3.63) is 32.5 Å². The minimum atomic E-state index is -0.553. The summed E-state index contributed by atoms with van der Waals surface area (Å²) in [6.07, 6.45) is 3.88. The number of nitrogens with two attached hydrogens (primary N) is 1. The Morgan fingerprint density at radius 1 is 1.18 bits per heavy atom. The van der Waals surface area contributed by atoms with Gasteiger partial charge in [0.2, 0.25) is 11.9 Å². The normalized spacial score (nSPS) is 19.2. The molecule has 11 heteroatoms. The van der Waals surface area contributed by atoms with Crippen molar-refractivity contribution in [3.8, 4) is 0 Å². The Morgan fingerprint density at radius 3 is 2.58 bits per heavy atom. The van der Waals surface area contributed by atoms with Crippen LogP contribution in [0.4, 0.5) is 5.95 Å². The second kappa shape index (κ2) is 9.52. The highest BCUT2D eigenvalue weighted by atomic mass is 16.5. The molecule has 0 aliphatic carbocycles. The molecule has 2 N–H and O–H groups in total. The van der Waals surface area contributed by atoms with Crippen LogP contribution in [0, 0.1) is 0 Å². The van der Waals surface area contributed by atoms with E-state index in [0.717, 1.165) is 29.5 Å². The monoisotopic (exact) mass is 459 g/mol. The highest BCUT2D eigenvalue weighted by Gasteiger charge is 2.27. The van der Waals surface area contributed by atoms with Crippen molar-refractivity contribution in [2.45, 2.75) is 45.8 Å². The van der Waals surface area contributed by atoms with Crippen molar-refractivity contribution >= 4 is 23.0 Å². The van der Waals surface area contributed by atoms with Crippen LogP contribution in [0.15, 0.2) is 21.2 Å². The summed E-state index contributed by atoms with van der Waals surface area (Å²) in [5, 5.41) is 0. The molecule has 11 nitrogen and oxygen atoms in total. The lowest BCUT2D eigenvalue weighted by Gasteiger charge is -2.31. The summed E-state index contributed by atoms with van der Waals surface area (Å²) in [5.41, 5.74) is 6.89. The number of fused-ring (bicyclic) bond motifs is 1. The van der Waals surface area contributed by atoms with Gasteiger partial charge >= 0.3 is 5.69 Å². The third-order valence-corrected chi connectivity index (χ3v) is 6.29. The van der Waals surface area contributed by atoms with Gasteiger partial charge < -0.3 is 24.8 Å². The molecule has 180 valence electrons. The lowest BCUT2D eigenvalue weighted by Crippen LogP contribution is -2.45. The predicted octanol–water partition coefficient (Wildman–Crippen LogP) is -0.351. The number of carbonyl (C=O) groups excluding carboxylic acids is 1. The van der Waals surface area contributed by atoms with E-state index in [1.807, 2.05) is 24.5 Å². The van der Waals surface area contributed by atoms with E-state index in [1.165, 1.54) is 11.6 Å². The predicted molar refractivity (Wildman–Crippen MR) is 125 cm³/mol. The molecule has 2 saturated heterocycles. The van der Waals surface area contributed by atoms with Crippen LogP contribution in [0.25, 0.3) is 11.2 Å². The number of hydrogen-bond donors (Lipinski definition) is 1. The Labute approximate surface area is 192 Å². The van der Waals surface area contributed by atoms with Crippen molar-refractivity contribution in [3.63, 3.8) is 0 Å². The average molecular weight is 460 g/mol. The maximum Gasteiger partial charge on any atom is 0.332 e. The van der Waals surface area contributed by atoms with Gasteiger partial charge in [-0.1, -0.05) is 11.6 Å². The number of hydrogen-bond acceptors (Lipinski definition) is 7. The molecule has 1 unspecified atom stereocenters. The molecular weight excluding hydrogens is 426 g/mol. The van der Waals surface area contributed by atoms with Gasteiger partial charge in [-0.3, -0.25) is 18.7 Å². The highest BCUT2D eigenvalue weighted by molar-refractivity contribution is 5.80. The first-order valence-corrected chi connectivity index (χ1v) is 11.5. The summed E-state index contributed by atoms with van der Waals surface area (Å²) in [7, 11) is 1.44. The van der Waals surface area contributed by atoms with E-state index >= 15 is 0 Å². The molecule has 0 spiro atoms. The van der Waals surface area contributed by atoms with Crippen LogP contribution in [-0.4, -0.2) is 74.9 Å². The van der Waals surface area contributed by atoms with Gasteiger partial charge in [-0.2, -0.15) is 4.98 Å². The molecule has 2 aliphatic rings. The topological polar surface area (TPSA) is 121 Å². The smallest absolute Gasteiger partial charge is 0.332 e. The molecule has 4 heterocycles. The summed E-state index contributed by atoms with van der Waals surface area (Å²) in [4.78, 5) is 47.8. The first kappa shape index (κ1) is 23.2. The Hall–Kier alpha value is -2.92. The van der Waals surface area contributed by atoms with E-state index in [1.54, 1.807) is 4.90 Å². The van der Waals surface area contributed by atoms with Crippen LogP contribution in [-0.2, 0) is 29.7 Å². The van der Waals surface area contributed by atoms with Crippen LogP contribution in [0.2, 0.25) is 0 Å². The molecule has 0 saturated carbocycles.